The summed E-state index contributed by atoms with van der Waals surface area (Å²) in [6, 6.07) is 0. The fraction of sp³-hybridized carbons (Fsp3) is 0. The molecule has 0 fully saturated rings. The monoisotopic (exact) mass is 296 g/mol. The van der Waals surface area contributed by atoms with Crippen LogP contribution in [0.4, 0.5) is 0 Å². The van der Waals surface area contributed by atoms with E-state index in [4.69, 9.17) is 0 Å². The van der Waals surface area contributed by atoms with Crippen LogP contribution in [0.1, 0.15) is 0 Å². The van der Waals surface area contributed by atoms with Crippen LogP contribution in [0, 0.1) is 0 Å². The SMILES string of the molecule is [Cl-].[Cl-].[Cl-].[Cl-].[Cl-].[Sb+3]. The molecule has 0 saturated carbocycles. The fourth-order valence-electron chi connectivity index (χ4n) is 0. The van der Waals surface area contributed by atoms with Gasteiger partial charge < -0.3 is 62.0 Å². The molecule has 0 unspecified atom stereocenters. The smallest absolute Gasteiger partial charge is 1.00 e. The second-order valence-electron chi connectivity index (χ2n) is 0. The van der Waals surface area contributed by atoms with Gasteiger partial charge in [0.15, 0.2) is 0 Å². The van der Waals surface area contributed by atoms with Gasteiger partial charge in [0, 0.05) is 0 Å². The molecule has 2 radical (unpaired) electrons. The maximum absolute atomic E-state index is 0. The van der Waals surface area contributed by atoms with Crippen LogP contribution in [-0.4, -0.2) is 24.4 Å². The molecule has 0 bridgehead atoms. The Labute approximate surface area is 85.7 Å². The first kappa shape index (κ1) is 84.9. The second kappa shape index (κ2) is 55.5. The zero-order valence-corrected chi connectivity index (χ0v) is 8.67. The summed E-state index contributed by atoms with van der Waals surface area (Å²) in [5.74, 6) is 0. The minimum atomic E-state index is 0. The number of hydrogen-bond acceptors (Lipinski definition) is 0. The third-order valence-electron chi connectivity index (χ3n) is 0. The Morgan fingerprint density at radius 1 is 0.333 bits per heavy atom. The average molecular weight is 299 g/mol. The van der Waals surface area contributed by atoms with E-state index in [2.05, 4.69) is 0 Å². The van der Waals surface area contributed by atoms with E-state index < -0.39 is 0 Å². The van der Waals surface area contributed by atoms with E-state index in [0.29, 0.717) is 0 Å². The van der Waals surface area contributed by atoms with Gasteiger partial charge in [0.25, 0.3) is 0 Å². The second-order valence-corrected chi connectivity index (χ2v) is 0. The van der Waals surface area contributed by atoms with Crippen LogP contribution < -0.4 is 62.0 Å². The van der Waals surface area contributed by atoms with E-state index in [9.17, 15) is 0 Å². The van der Waals surface area contributed by atoms with Gasteiger partial charge in [-0.15, -0.1) is 0 Å². The zero-order chi connectivity index (χ0) is 0. The summed E-state index contributed by atoms with van der Waals surface area (Å²) in [6.45, 7) is 0. The molecular weight excluding hydrogens is 299 g/mol. The summed E-state index contributed by atoms with van der Waals surface area (Å²) in [5.41, 5.74) is 0. The van der Waals surface area contributed by atoms with Crippen molar-refractivity contribution >= 4 is 24.4 Å². The van der Waals surface area contributed by atoms with Crippen LogP contribution in [0.3, 0.4) is 0 Å². The van der Waals surface area contributed by atoms with Gasteiger partial charge >= 0.3 is 24.4 Å². The summed E-state index contributed by atoms with van der Waals surface area (Å²) in [5, 5.41) is 0. The summed E-state index contributed by atoms with van der Waals surface area (Å²) < 4.78 is 0. The molecule has 6 heteroatoms. The molecule has 0 heterocycles. The maximum atomic E-state index is 0. The normalized spacial score (nSPS) is 0. The van der Waals surface area contributed by atoms with Crippen LogP contribution in [0.2, 0.25) is 0 Å². The van der Waals surface area contributed by atoms with Crippen molar-refractivity contribution in [2.75, 3.05) is 0 Å². The molecule has 0 aromatic rings. The van der Waals surface area contributed by atoms with Gasteiger partial charge in [0.1, 0.15) is 0 Å². The molecule has 0 aromatic carbocycles. The largest absolute Gasteiger partial charge is 3.00 e. The van der Waals surface area contributed by atoms with Gasteiger partial charge in [-0.1, -0.05) is 0 Å². The molecule has 0 aliphatic heterocycles. The molecule has 0 saturated heterocycles. The van der Waals surface area contributed by atoms with Gasteiger partial charge in [-0.3, -0.25) is 0 Å². The Morgan fingerprint density at radius 2 is 0.333 bits per heavy atom. The first-order chi connectivity index (χ1) is 0. The van der Waals surface area contributed by atoms with Crippen molar-refractivity contribution in [3.63, 3.8) is 0 Å². The van der Waals surface area contributed by atoms with Crippen molar-refractivity contribution in [1.29, 1.82) is 0 Å². The summed E-state index contributed by atoms with van der Waals surface area (Å²) >= 11 is 0. The molecular formula is Cl5Sb-2. The Morgan fingerprint density at radius 3 is 0.333 bits per heavy atom. The van der Waals surface area contributed by atoms with Crippen molar-refractivity contribution in [3.05, 3.63) is 0 Å². The van der Waals surface area contributed by atoms with Crippen molar-refractivity contribution < 1.29 is 62.0 Å². The third-order valence-corrected chi connectivity index (χ3v) is 0. The van der Waals surface area contributed by atoms with E-state index in [1.54, 1.807) is 0 Å². The molecule has 0 aromatic heterocycles. The van der Waals surface area contributed by atoms with Gasteiger partial charge in [-0.05, 0) is 0 Å². The first-order valence-corrected chi connectivity index (χ1v) is 0. The Balaban J connectivity index is 0. The van der Waals surface area contributed by atoms with E-state index in [1.165, 1.54) is 0 Å². The Bertz CT molecular complexity index is 3.90. The molecule has 0 rings (SSSR count). The first-order valence-electron chi connectivity index (χ1n) is 0. The quantitative estimate of drug-likeness (QED) is 0.390. The van der Waals surface area contributed by atoms with Crippen LogP contribution in [0.5, 0.6) is 0 Å². The number of rotatable bonds is 0. The third kappa shape index (κ3) is 33.8. The minimum absolute atomic E-state index is 0. The molecule has 0 N–H and O–H groups in total. The number of hydrogen-bond donors (Lipinski definition) is 0. The maximum Gasteiger partial charge on any atom is 3.00 e. The van der Waals surface area contributed by atoms with Gasteiger partial charge in [-0.25, -0.2) is 0 Å². The van der Waals surface area contributed by atoms with E-state index in [-0.39, 0.29) is 86.5 Å². The fourth-order valence-corrected chi connectivity index (χ4v) is 0. The topological polar surface area (TPSA) is 0 Å². The predicted octanol–water partition coefficient (Wildman–Crippen LogP) is -15.4. The molecule has 0 nitrogen and oxygen atoms in total. The molecule has 42 valence electrons. The molecule has 0 spiro atoms. The summed E-state index contributed by atoms with van der Waals surface area (Å²) in [4.78, 5) is 0. The summed E-state index contributed by atoms with van der Waals surface area (Å²) in [7, 11) is 0. The predicted molar refractivity (Wildman–Crippen MR) is 5.75 cm³/mol. The minimum Gasteiger partial charge on any atom is -1.00 e. The molecule has 6 heavy (non-hydrogen) atoms. The van der Waals surface area contributed by atoms with Crippen molar-refractivity contribution in [2.45, 2.75) is 0 Å². The van der Waals surface area contributed by atoms with Crippen LogP contribution >= 0.6 is 0 Å². The van der Waals surface area contributed by atoms with Crippen molar-refractivity contribution in [1.82, 2.24) is 0 Å². The van der Waals surface area contributed by atoms with Crippen LogP contribution in [0.15, 0.2) is 0 Å². The Kier molecular flexibility index (Phi) is 785. The van der Waals surface area contributed by atoms with E-state index in [0.717, 1.165) is 0 Å². The van der Waals surface area contributed by atoms with Crippen molar-refractivity contribution in [3.8, 4) is 0 Å². The standard InChI is InChI=1S/5ClH.Sb/h5*1H;/q;;;;;+3/p-5. The van der Waals surface area contributed by atoms with Gasteiger partial charge in [0.2, 0.25) is 0 Å². The Hall–Kier alpha value is 2.27. The van der Waals surface area contributed by atoms with E-state index >= 15 is 0 Å². The summed E-state index contributed by atoms with van der Waals surface area (Å²) in [6.07, 6.45) is 0. The molecule has 0 aliphatic carbocycles. The molecule has 0 amide bonds. The molecule has 0 aliphatic rings. The van der Waals surface area contributed by atoms with Crippen LogP contribution in [-0.2, 0) is 0 Å². The average Bonchev–Trinajstić information content (AvgIpc) is 0. The molecule has 0 atom stereocenters. The van der Waals surface area contributed by atoms with Crippen LogP contribution in [0.25, 0.3) is 0 Å². The van der Waals surface area contributed by atoms with Crippen molar-refractivity contribution in [2.24, 2.45) is 0 Å². The van der Waals surface area contributed by atoms with Gasteiger partial charge in [0.05, 0.1) is 0 Å². The zero-order valence-electron chi connectivity index (χ0n) is 2.34. The van der Waals surface area contributed by atoms with E-state index in [1.807, 2.05) is 0 Å². The van der Waals surface area contributed by atoms with Gasteiger partial charge in [-0.2, -0.15) is 0 Å². The number of halogens is 5.